The molecule has 1 aromatic heterocycles. The van der Waals surface area contributed by atoms with E-state index in [9.17, 15) is 0 Å². The van der Waals surface area contributed by atoms with Gasteiger partial charge in [-0.15, -0.1) is 0 Å². The van der Waals surface area contributed by atoms with Crippen molar-refractivity contribution in [2.75, 3.05) is 0 Å². The monoisotopic (exact) mass is 424 g/mol. The fourth-order valence-corrected chi connectivity index (χ4v) is 4.14. The van der Waals surface area contributed by atoms with Crippen molar-refractivity contribution < 1.29 is 4.74 Å². The maximum absolute atomic E-state index is 6.24. The van der Waals surface area contributed by atoms with Crippen molar-refractivity contribution in [2.45, 2.75) is 12.6 Å². The number of halogens is 1. The lowest BCUT2D eigenvalue weighted by molar-refractivity contribution is 0.306. The van der Waals surface area contributed by atoms with Crippen molar-refractivity contribution in [2.24, 2.45) is 0 Å². The standard InChI is InChI=1S/C27H21ClN2O/c28-26-11-4-2-7-22(26)18-31-23-14-12-21(13-15-23)27(30-17-16-29-19-30)25-10-5-8-20-6-1-3-9-24(20)25/h1-17,19,27H,18H2. The van der Waals surface area contributed by atoms with Gasteiger partial charge in [-0.1, -0.05) is 84.4 Å². The van der Waals surface area contributed by atoms with Crippen LogP contribution >= 0.6 is 11.6 Å². The minimum Gasteiger partial charge on any atom is -0.489 e. The van der Waals surface area contributed by atoms with Crippen molar-refractivity contribution in [3.8, 4) is 5.75 Å². The zero-order valence-corrected chi connectivity index (χ0v) is 17.6. The van der Waals surface area contributed by atoms with Crippen LogP contribution < -0.4 is 4.74 Å². The van der Waals surface area contributed by atoms with Crippen molar-refractivity contribution in [1.29, 1.82) is 0 Å². The summed E-state index contributed by atoms with van der Waals surface area (Å²) in [6, 6.07) is 31.0. The molecule has 0 radical (unpaired) electrons. The lowest BCUT2D eigenvalue weighted by Gasteiger charge is -2.22. The molecule has 0 saturated carbocycles. The highest BCUT2D eigenvalue weighted by Crippen LogP contribution is 2.33. The molecule has 4 aromatic carbocycles. The van der Waals surface area contributed by atoms with E-state index in [4.69, 9.17) is 16.3 Å². The van der Waals surface area contributed by atoms with Gasteiger partial charge in [0.2, 0.25) is 0 Å². The summed E-state index contributed by atoms with van der Waals surface area (Å²) in [5.74, 6) is 0.811. The Morgan fingerprint density at radius 1 is 0.839 bits per heavy atom. The lowest BCUT2D eigenvalue weighted by atomic mass is 9.93. The number of hydrogen-bond donors (Lipinski definition) is 0. The minimum absolute atomic E-state index is 0.0196. The Labute approximate surface area is 186 Å². The van der Waals surface area contributed by atoms with Crippen LogP contribution in [0.2, 0.25) is 5.02 Å². The molecule has 4 heteroatoms. The van der Waals surface area contributed by atoms with Crippen molar-refractivity contribution in [3.05, 3.63) is 131 Å². The third-order valence-electron chi connectivity index (χ3n) is 5.49. The van der Waals surface area contributed by atoms with Crippen LogP contribution in [0.15, 0.2) is 110 Å². The van der Waals surface area contributed by atoms with Gasteiger partial charge in [0.25, 0.3) is 0 Å². The summed E-state index contributed by atoms with van der Waals surface area (Å²) in [5, 5.41) is 3.18. The highest BCUT2D eigenvalue weighted by molar-refractivity contribution is 6.31. The first kappa shape index (κ1) is 19.4. The van der Waals surface area contributed by atoms with E-state index in [0.717, 1.165) is 16.3 Å². The second-order valence-electron chi connectivity index (χ2n) is 7.43. The molecule has 1 atom stereocenters. The third kappa shape index (κ3) is 4.05. The lowest BCUT2D eigenvalue weighted by Crippen LogP contribution is -2.11. The highest BCUT2D eigenvalue weighted by atomic mass is 35.5. The molecule has 0 N–H and O–H groups in total. The first-order valence-electron chi connectivity index (χ1n) is 10.2. The van der Waals surface area contributed by atoms with Crippen LogP contribution in [0.4, 0.5) is 0 Å². The molecule has 0 spiro atoms. The molecule has 5 rings (SSSR count). The Morgan fingerprint density at radius 2 is 1.61 bits per heavy atom. The first-order valence-corrected chi connectivity index (χ1v) is 10.6. The molecule has 152 valence electrons. The minimum atomic E-state index is 0.0196. The first-order chi connectivity index (χ1) is 15.3. The van der Waals surface area contributed by atoms with E-state index in [1.807, 2.05) is 55.1 Å². The van der Waals surface area contributed by atoms with Crippen molar-refractivity contribution in [1.82, 2.24) is 9.55 Å². The van der Waals surface area contributed by atoms with E-state index in [1.165, 1.54) is 21.9 Å². The van der Waals surface area contributed by atoms with E-state index < -0.39 is 0 Å². The molecule has 0 aliphatic rings. The second kappa shape index (κ2) is 8.66. The summed E-state index contributed by atoms with van der Waals surface area (Å²) in [6.07, 6.45) is 5.70. The Hall–Kier alpha value is -3.56. The van der Waals surface area contributed by atoms with Crippen LogP contribution in [0.25, 0.3) is 10.8 Å². The molecule has 0 bridgehead atoms. The van der Waals surface area contributed by atoms with Crippen LogP contribution in [0.5, 0.6) is 5.75 Å². The largest absolute Gasteiger partial charge is 0.489 e. The topological polar surface area (TPSA) is 27.1 Å². The van der Waals surface area contributed by atoms with Gasteiger partial charge >= 0.3 is 0 Å². The summed E-state index contributed by atoms with van der Waals surface area (Å²) in [5.41, 5.74) is 3.38. The number of ether oxygens (including phenoxy) is 1. The van der Waals surface area contributed by atoms with Gasteiger partial charge in [-0.3, -0.25) is 0 Å². The normalized spacial score (nSPS) is 12.0. The molecule has 3 nitrogen and oxygen atoms in total. The molecule has 0 aliphatic carbocycles. The summed E-state index contributed by atoms with van der Waals surface area (Å²) in [4.78, 5) is 4.29. The number of fused-ring (bicyclic) bond motifs is 1. The number of aromatic nitrogens is 2. The fraction of sp³-hybridized carbons (Fsp3) is 0.0741. The predicted molar refractivity (Wildman–Crippen MR) is 126 cm³/mol. The zero-order valence-electron chi connectivity index (χ0n) is 16.9. The molecule has 1 heterocycles. The number of nitrogens with zero attached hydrogens (tertiary/aromatic N) is 2. The molecule has 31 heavy (non-hydrogen) atoms. The number of benzene rings is 4. The van der Waals surface area contributed by atoms with Gasteiger partial charge in [0.05, 0.1) is 12.4 Å². The summed E-state index contributed by atoms with van der Waals surface area (Å²) in [7, 11) is 0. The van der Waals surface area contributed by atoms with Crippen LogP contribution in [0, 0.1) is 0 Å². The predicted octanol–water partition coefficient (Wildman–Crippen LogP) is 6.91. The number of hydrogen-bond acceptors (Lipinski definition) is 2. The SMILES string of the molecule is Clc1ccccc1COc1ccc(C(c2cccc3ccccc23)n2ccnc2)cc1. The average Bonchev–Trinajstić information content (AvgIpc) is 3.34. The molecule has 0 fully saturated rings. The zero-order chi connectivity index (χ0) is 21.0. The van der Waals surface area contributed by atoms with Gasteiger partial charge in [0.15, 0.2) is 0 Å². The number of rotatable bonds is 6. The van der Waals surface area contributed by atoms with Crippen LogP contribution in [0.1, 0.15) is 22.7 Å². The van der Waals surface area contributed by atoms with Crippen LogP contribution in [-0.2, 0) is 6.61 Å². The highest BCUT2D eigenvalue weighted by Gasteiger charge is 2.18. The Kier molecular flexibility index (Phi) is 5.42. The maximum Gasteiger partial charge on any atom is 0.119 e. The van der Waals surface area contributed by atoms with E-state index >= 15 is 0 Å². The third-order valence-corrected chi connectivity index (χ3v) is 5.86. The molecular weight excluding hydrogens is 404 g/mol. The fourth-order valence-electron chi connectivity index (χ4n) is 3.95. The van der Waals surface area contributed by atoms with Crippen molar-refractivity contribution in [3.63, 3.8) is 0 Å². The van der Waals surface area contributed by atoms with E-state index in [-0.39, 0.29) is 6.04 Å². The van der Waals surface area contributed by atoms with Gasteiger partial charge in [0.1, 0.15) is 12.4 Å². The van der Waals surface area contributed by atoms with Gasteiger partial charge in [-0.25, -0.2) is 4.98 Å². The smallest absolute Gasteiger partial charge is 0.119 e. The molecular formula is C27H21ClN2O. The molecule has 1 unspecified atom stereocenters. The van der Waals surface area contributed by atoms with Gasteiger partial charge in [0, 0.05) is 23.0 Å². The van der Waals surface area contributed by atoms with E-state index in [1.54, 1.807) is 0 Å². The van der Waals surface area contributed by atoms with Crippen LogP contribution in [0.3, 0.4) is 0 Å². The molecule has 0 amide bonds. The van der Waals surface area contributed by atoms with Gasteiger partial charge < -0.3 is 9.30 Å². The molecule has 5 aromatic rings. The summed E-state index contributed by atoms with van der Waals surface area (Å²) in [6.45, 7) is 0.438. The van der Waals surface area contributed by atoms with E-state index in [2.05, 4.69) is 64.1 Å². The molecule has 0 aliphatic heterocycles. The summed E-state index contributed by atoms with van der Waals surface area (Å²) >= 11 is 6.24. The quantitative estimate of drug-likeness (QED) is 0.296. The van der Waals surface area contributed by atoms with Gasteiger partial charge in [-0.05, 0) is 40.1 Å². The van der Waals surface area contributed by atoms with Crippen LogP contribution in [-0.4, -0.2) is 9.55 Å². The summed E-state index contributed by atoms with van der Waals surface area (Å²) < 4.78 is 8.11. The number of imidazole rings is 1. The Bertz CT molecular complexity index is 1290. The van der Waals surface area contributed by atoms with Gasteiger partial charge in [-0.2, -0.15) is 0 Å². The second-order valence-corrected chi connectivity index (χ2v) is 7.84. The van der Waals surface area contributed by atoms with Crippen molar-refractivity contribution >= 4 is 22.4 Å². The van der Waals surface area contributed by atoms with E-state index in [0.29, 0.717) is 6.61 Å². The maximum atomic E-state index is 6.24. The Balaban J connectivity index is 1.47. The Morgan fingerprint density at radius 3 is 2.42 bits per heavy atom. The molecule has 0 saturated heterocycles. The average molecular weight is 425 g/mol.